The van der Waals surface area contributed by atoms with E-state index in [1.807, 2.05) is 5.38 Å². The molecule has 0 unspecified atom stereocenters. The molecule has 0 atom stereocenters. The number of hydrogen-bond donors (Lipinski definition) is 2. The maximum Gasteiger partial charge on any atom is 0.190 e. The first-order valence-corrected chi connectivity index (χ1v) is 11.3. The van der Waals surface area contributed by atoms with E-state index in [4.69, 9.17) is 14.2 Å². The fraction of sp³-hybridized carbons (Fsp3) is 0.455. The third kappa shape index (κ3) is 5.00. The van der Waals surface area contributed by atoms with Crippen molar-refractivity contribution in [1.82, 2.24) is 14.9 Å². The van der Waals surface area contributed by atoms with Crippen molar-refractivity contribution in [2.45, 2.75) is 19.9 Å². The molecule has 0 radical (unpaired) electrons. The summed E-state index contributed by atoms with van der Waals surface area (Å²) in [5.74, 6) is 1.13. The van der Waals surface area contributed by atoms with E-state index in [2.05, 4.69) is 34.0 Å². The van der Waals surface area contributed by atoms with Crippen LogP contribution < -0.4 is 20.2 Å². The summed E-state index contributed by atoms with van der Waals surface area (Å²) in [5.41, 5.74) is 1.88. The monoisotopic (exact) mass is 444 g/mol. The predicted octanol–water partition coefficient (Wildman–Crippen LogP) is 3.19. The SMILES string of the molecule is COc1c(OCCN2CCOCC2)ccc2c(=O)cc(-c3csc(NC(C)C)n3)[nH]c12. The highest BCUT2D eigenvalue weighted by Gasteiger charge is 2.16. The van der Waals surface area contributed by atoms with Crippen molar-refractivity contribution >= 4 is 27.4 Å². The standard InChI is InChI=1S/C22H28N4O4S/c1-14(2)23-22-25-17(13-31-22)16-12-18(27)15-4-5-19(21(28-3)20(15)24-16)30-11-8-26-6-9-29-10-7-26/h4-5,12-14H,6-11H2,1-3H3,(H,23,25)(H,24,27). The first kappa shape index (κ1) is 21.6. The van der Waals surface area contributed by atoms with E-state index in [0.29, 0.717) is 40.4 Å². The minimum absolute atomic E-state index is 0.0896. The molecule has 3 aromatic rings. The summed E-state index contributed by atoms with van der Waals surface area (Å²) in [6, 6.07) is 5.43. The van der Waals surface area contributed by atoms with Crippen molar-refractivity contribution in [3.8, 4) is 22.9 Å². The molecule has 9 heteroatoms. The second kappa shape index (κ2) is 9.67. The van der Waals surface area contributed by atoms with Crippen LogP contribution in [0.5, 0.6) is 11.5 Å². The molecule has 3 heterocycles. The average molecular weight is 445 g/mol. The Morgan fingerprint density at radius 2 is 2.13 bits per heavy atom. The quantitative estimate of drug-likeness (QED) is 0.552. The van der Waals surface area contributed by atoms with E-state index >= 15 is 0 Å². The van der Waals surface area contributed by atoms with Gasteiger partial charge in [0.15, 0.2) is 22.1 Å². The first-order valence-electron chi connectivity index (χ1n) is 10.4. The summed E-state index contributed by atoms with van der Waals surface area (Å²) >= 11 is 1.51. The van der Waals surface area contributed by atoms with Crippen LogP contribution in [0.15, 0.2) is 28.4 Å². The molecule has 8 nitrogen and oxygen atoms in total. The molecule has 0 spiro atoms. The van der Waals surface area contributed by atoms with Gasteiger partial charge in [-0.1, -0.05) is 0 Å². The molecular formula is C22H28N4O4S. The minimum Gasteiger partial charge on any atom is -0.491 e. The zero-order valence-electron chi connectivity index (χ0n) is 18.1. The molecule has 1 saturated heterocycles. The molecule has 1 aliphatic heterocycles. The van der Waals surface area contributed by atoms with Crippen molar-refractivity contribution < 1.29 is 14.2 Å². The minimum atomic E-state index is -0.0896. The van der Waals surface area contributed by atoms with Crippen LogP contribution in [0.1, 0.15) is 13.8 Å². The summed E-state index contributed by atoms with van der Waals surface area (Å²) in [5, 5.41) is 6.59. The lowest BCUT2D eigenvalue weighted by atomic mass is 10.1. The average Bonchev–Trinajstić information content (AvgIpc) is 3.22. The number of rotatable bonds is 8. The van der Waals surface area contributed by atoms with Crippen LogP contribution >= 0.6 is 11.3 Å². The van der Waals surface area contributed by atoms with Gasteiger partial charge in [-0.25, -0.2) is 4.98 Å². The number of aromatic amines is 1. The van der Waals surface area contributed by atoms with Gasteiger partial charge in [-0.15, -0.1) is 11.3 Å². The van der Waals surface area contributed by atoms with Crippen LogP contribution in [0.25, 0.3) is 22.3 Å². The number of H-pyrrole nitrogens is 1. The van der Waals surface area contributed by atoms with Gasteiger partial charge in [0.2, 0.25) is 0 Å². The molecule has 0 bridgehead atoms. The Bertz CT molecular complexity index is 1090. The van der Waals surface area contributed by atoms with E-state index in [-0.39, 0.29) is 11.5 Å². The number of nitrogens with zero attached hydrogens (tertiary/aromatic N) is 2. The second-order valence-corrected chi connectivity index (χ2v) is 8.56. The Morgan fingerprint density at radius 1 is 1.32 bits per heavy atom. The topological polar surface area (TPSA) is 88.7 Å². The number of fused-ring (bicyclic) bond motifs is 1. The number of hydrogen-bond acceptors (Lipinski definition) is 8. The van der Waals surface area contributed by atoms with E-state index in [1.54, 1.807) is 25.3 Å². The van der Waals surface area contributed by atoms with Crippen LogP contribution in [0.4, 0.5) is 5.13 Å². The third-order valence-corrected chi connectivity index (χ3v) is 5.86. The fourth-order valence-electron chi connectivity index (χ4n) is 3.55. The van der Waals surface area contributed by atoms with Gasteiger partial charge < -0.3 is 24.5 Å². The van der Waals surface area contributed by atoms with Gasteiger partial charge in [-0.2, -0.15) is 0 Å². The highest BCUT2D eigenvalue weighted by molar-refractivity contribution is 7.14. The lowest BCUT2D eigenvalue weighted by Gasteiger charge is -2.26. The number of anilines is 1. The Kier molecular flexibility index (Phi) is 6.74. The highest BCUT2D eigenvalue weighted by atomic mass is 32.1. The zero-order valence-corrected chi connectivity index (χ0v) is 18.9. The van der Waals surface area contributed by atoms with Crippen LogP contribution in [-0.2, 0) is 4.74 Å². The fourth-order valence-corrected chi connectivity index (χ4v) is 4.40. The number of aromatic nitrogens is 2. The number of morpholine rings is 1. The lowest BCUT2D eigenvalue weighted by Crippen LogP contribution is -2.38. The van der Waals surface area contributed by atoms with Crippen molar-refractivity contribution in [3.05, 3.63) is 33.8 Å². The molecule has 0 amide bonds. The van der Waals surface area contributed by atoms with Crippen LogP contribution in [0.2, 0.25) is 0 Å². The molecule has 2 N–H and O–H groups in total. The molecular weight excluding hydrogens is 416 g/mol. The molecule has 1 aliphatic rings. The van der Waals surface area contributed by atoms with Crippen LogP contribution in [0, 0.1) is 0 Å². The normalized spacial score (nSPS) is 14.8. The first-order chi connectivity index (χ1) is 15.0. The van der Waals surface area contributed by atoms with Crippen molar-refractivity contribution in [2.24, 2.45) is 0 Å². The van der Waals surface area contributed by atoms with E-state index in [0.717, 1.165) is 38.0 Å². The summed E-state index contributed by atoms with van der Waals surface area (Å²) in [7, 11) is 1.59. The zero-order chi connectivity index (χ0) is 21.8. The number of thiazole rings is 1. The molecule has 4 rings (SSSR count). The van der Waals surface area contributed by atoms with Gasteiger partial charge in [-0.05, 0) is 26.0 Å². The Balaban J connectivity index is 1.60. The summed E-state index contributed by atoms with van der Waals surface area (Å²) in [6.07, 6.45) is 0. The number of benzene rings is 1. The molecule has 0 saturated carbocycles. The van der Waals surface area contributed by atoms with Crippen molar-refractivity contribution in [2.75, 3.05) is 51.9 Å². The maximum absolute atomic E-state index is 12.8. The van der Waals surface area contributed by atoms with Gasteiger partial charge in [-0.3, -0.25) is 9.69 Å². The number of pyridine rings is 1. The molecule has 0 aliphatic carbocycles. The van der Waals surface area contributed by atoms with Gasteiger partial charge in [0.05, 0.1) is 37.2 Å². The molecule has 1 fully saturated rings. The number of nitrogens with one attached hydrogen (secondary N) is 2. The Labute approximate surface area is 185 Å². The van der Waals surface area contributed by atoms with E-state index in [1.165, 1.54) is 11.3 Å². The smallest absolute Gasteiger partial charge is 0.190 e. The highest BCUT2D eigenvalue weighted by Crippen LogP contribution is 2.34. The van der Waals surface area contributed by atoms with Gasteiger partial charge in [0.1, 0.15) is 6.61 Å². The van der Waals surface area contributed by atoms with E-state index < -0.39 is 0 Å². The largest absolute Gasteiger partial charge is 0.491 e. The summed E-state index contributed by atoms with van der Waals surface area (Å²) in [4.78, 5) is 23.0. The predicted molar refractivity (Wildman–Crippen MR) is 124 cm³/mol. The van der Waals surface area contributed by atoms with Crippen LogP contribution in [0.3, 0.4) is 0 Å². The number of methoxy groups -OCH3 is 1. The molecule has 1 aromatic carbocycles. The van der Waals surface area contributed by atoms with Gasteiger partial charge in [0.25, 0.3) is 0 Å². The van der Waals surface area contributed by atoms with Gasteiger partial charge in [0, 0.05) is 42.5 Å². The molecule has 31 heavy (non-hydrogen) atoms. The molecule has 166 valence electrons. The van der Waals surface area contributed by atoms with E-state index in [9.17, 15) is 4.79 Å². The maximum atomic E-state index is 12.8. The Hall–Kier alpha value is -2.62. The van der Waals surface area contributed by atoms with Crippen molar-refractivity contribution in [3.63, 3.8) is 0 Å². The van der Waals surface area contributed by atoms with Crippen LogP contribution in [-0.4, -0.2) is 67.5 Å². The second-order valence-electron chi connectivity index (χ2n) is 7.71. The lowest BCUT2D eigenvalue weighted by molar-refractivity contribution is 0.0321. The Morgan fingerprint density at radius 3 is 2.87 bits per heavy atom. The van der Waals surface area contributed by atoms with Crippen molar-refractivity contribution in [1.29, 1.82) is 0 Å². The molecule has 2 aromatic heterocycles. The summed E-state index contributed by atoms with van der Waals surface area (Å²) < 4.78 is 17.0. The number of ether oxygens (including phenoxy) is 3. The summed E-state index contributed by atoms with van der Waals surface area (Å²) in [6.45, 7) is 8.80. The van der Waals surface area contributed by atoms with Gasteiger partial charge >= 0.3 is 0 Å². The third-order valence-electron chi connectivity index (χ3n) is 5.09.